The topological polar surface area (TPSA) is 15.3 Å². The summed E-state index contributed by atoms with van der Waals surface area (Å²) in [6.07, 6.45) is -3.43. The van der Waals surface area contributed by atoms with Gasteiger partial charge in [-0.2, -0.15) is 13.2 Å². The number of likely N-dealkylation sites (tertiary alicyclic amines) is 1. The Morgan fingerprint density at radius 1 is 1.22 bits per heavy atom. The van der Waals surface area contributed by atoms with Gasteiger partial charge in [0.25, 0.3) is 0 Å². The van der Waals surface area contributed by atoms with Gasteiger partial charge in [-0.1, -0.05) is 30.3 Å². The molecule has 1 saturated heterocycles. The van der Waals surface area contributed by atoms with Crippen LogP contribution in [0.2, 0.25) is 0 Å². The fourth-order valence-corrected chi connectivity index (χ4v) is 2.32. The SMILES string of the molecule is FC(F)(F)NCC1CCN(Cc2ccccc2)C1. The zero-order chi connectivity index (χ0) is 13.0. The van der Waals surface area contributed by atoms with E-state index in [2.05, 4.69) is 4.90 Å². The van der Waals surface area contributed by atoms with Crippen molar-refractivity contribution in [3.63, 3.8) is 0 Å². The zero-order valence-corrected chi connectivity index (χ0v) is 10.1. The Morgan fingerprint density at radius 2 is 1.94 bits per heavy atom. The van der Waals surface area contributed by atoms with E-state index in [1.54, 1.807) is 5.32 Å². The number of hydrogen-bond acceptors (Lipinski definition) is 2. The Labute approximate surface area is 105 Å². The first-order valence-electron chi connectivity index (χ1n) is 6.11. The number of halogens is 3. The molecular weight excluding hydrogens is 241 g/mol. The van der Waals surface area contributed by atoms with Crippen LogP contribution in [-0.2, 0) is 6.54 Å². The Balaban J connectivity index is 1.75. The molecule has 0 spiro atoms. The van der Waals surface area contributed by atoms with Gasteiger partial charge in [-0.3, -0.25) is 4.90 Å². The minimum Gasteiger partial charge on any atom is -0.299 e. The predicted octanol–water partition coefficient (Wildman–Crippen LogP) is 2.62. The molecule has 1 aliphatic rings. The summed E-state index contributed by atoms with van der Waals surface area (Å²) in [5, 5.41) is 1.62. The number of benzene rings is 1. The summed E-state index contributed by atoms with van der Waals surface area (Å²) in [6.45, 7) is 2.45. The van der Waals surface area contributed by atoms with Crippen molar-refractivity contribution in [3.8, 4) is 0 Å². The first kappa shape index (κ1) is 13.4. The molecule has 2 rings (SSSR count). The molecule has 0 aliphatic carbocycles. The van der Waals surface area contributed by atoms with Crippen LogP contribution in [0.1, 0.15) is 12.0 Å². The minimum atomic E-state index is -4.26. The van der Waals surface area contributed by atoms with E-state index in [0.717, 1.165) is 26.1 Å². The average Bonchev–Trinajstić information content (AvgIpc) is 2.75. The van der Waals surface area contributed by atoms with Crippen LogP contribution >= 0.6 is 0 Å². The van der Waals surface area contributed by atoms with Gasteiger partial charge in [0.05, 0.1) is 0 Å². The molecule has 5 heteroatoms. The van der Waals surface area contributed by atoms with E-state index < -0.39 is 6.30 Å². The van der Waals surface area contributed by atoms with Gasteiger partial charge in [0, 0.05) is 19.6 Å². The molecule has 0 amide bonds. The molecule has 1 atom stereocenters. The standard InChI is InChI=1S/C13H17F3N2/c14-13(15,16)17-8-12-6-7-18(10-12)9-11-4-2-1-3-5-11/h1-5,12,17H,6-10H2. The molecule has 100 valence electrons. The van der Waals surface area contributed by atoms with E-state index in [9.17, 15) is 13.2 Å². The Kier molecular flexibility index (Phi) is 4.24. The van der Waals surface area contributed by atoms with E-state index >= 15 is 0 Å². The third kappa shape index (κ3) is 4.31. The molecule has 1 unspecified atom stereocenters. The van der Waals surface area contributed by atoms with Gasteiger partial charge in [0.2, 0.25) is 0 Å². The van der Waals surface area contributed by atoms with E-state index in [0.29, 0.717) is 0 Å². The zero-order valence-electron chi connectivity index (χ0n) is 10.1. The molecule has 2 nitrogen and oxygen atoms in total. The first-order valence-corrected chi connectivity index (χ1v) is 6.11. The van der Waals surface area contributed by atoms with Crippen molar-refractivity contribution < 1.29 is 13.2 Å². The number of alkyl halides is 3. The number of hydrogen-bond donors (Lipinski definition) is 1. The third-order valence-electron chi connectivity index (χ3n) is 3.21. The maximum absolute atomic E-state index is 12.0. The first-order chi connectivity index (χ1) is 8.53. The van der Waals surface area contributed by atoms with Crippen LogP contribution in [0.3, 0.4) is 0 Å². The highest BCUT2D eigenvalue weighted by Gasteiger charge is 2.30. The highest BCUT2D eigenvalue weighted by molar-refractivity contribution is 5.14. The fraction of sp³-hybridized carbons (Fsp3) is 0.538. The lowest BCUT2D eigenvalue weighted by Crippen LogP contribution is -2.36. The van der Waals surface area contributed by atoms with Crippen molar-refractivity contribution in [2.45, 2.75) is 19.3 Å². The molecule has 1 N–H and O–H groups in total. The molecule has 1 heterocycles. The van der Waals surface area contributed by atoms with Crippen molar-refractivity contribution in [2.24, 2.45) is 5.92 Å². The lowest BCUT2D eigenvalue weighted by molar-refractivity contribution is -0.158. The largest absolute Gasteiger partial charge is 0.457 e. The lowest BCUT2D eigenvalue weighted by atomic mass is 10.1. The summed E-state index contributed by atoms with van der Waals surface area (Å²) in [5.41, 5.74) is 1.21. The van der Waals surface area contributed by atoms with Crippen LogP contribution < -0.4 is 5.32 Å². The average molecular weight is 258 g/mol. The molecule has 1 aliphatic heterocycles. The molecule has 0 bridgehead atoms. The molecule has 0 radical (unpaired) electrons. The third-order valence-corrected chi connectivity index (χ3v) is 3.21. The summed E-state index contributed by atoms with van der Waals surface area (Å²) in [4.78, 5) is 2.21. The van der Waals surface area contributed by atoms with Crippen LogP contribution in [0.15, 0.2) is 30.3 Å². The molecule has 1 fully saturated rings. The van der Waals surface area contributed by atoms with E-state index in [-0.39, 0.29) is 12.5 Å². The van der Waals surface area contributed by atoms with Crippen molar-refractivity contribution in [2.75, 3.05) is 19.6 Å². The number of nitrogens with one attached hydrogen (secondary N) is 1. The van der Waals surface area contributed by atoms with Gasteiger partial charge in [-0.05, 0) is 24.4 Å². The molecule has 0 saturated carbocycles. The second-order valence-corrected chi connectivity index (χ2v) is 4.75. The summed E-state index contributed by atoms with van der Waals surface area (Å²) >= 11 is 0. The molecule has 1 aromatic carbocycles. The van der Waals surface area contributed by atoms with E-state index in [4.69, 9.17) is 0 Å². The molecular formula is C13H17F3N2. The fourth-order valence-electron chi connectivity index (χ4n) is 2.32. The van der Waals surface area contributed by atoms with Crippen LogP contribution in [0.5, 0.6) is 0 Å². The van der Waals surface area contributed by atoms with E-state index in [1.165, 1.54) is 5.56 Å². The van der Waals surface area contributed by atoms with Crippen molar-refractivity contribution in [1.82, 2.24) is 10.2 Å². The second-order valence-electron chi connectivity index (χ2n) is 4.75. The van der Waals surface area contributed by atoms with Gasteiger partial charge in [0.15, 0.2) is 0 Å². The van der Waals surface area contributed by atoms with Gasteiger partial charge in [-0.15, -0.1) is 0 Å². The molecule has 1 aromatic rings. The van der Waals surface area contributed by atoms with Crippen LogP contribution in [-0.4, -0.2) is 30.8 Å². The second kappa shape index (κ2) is 5.71. The summed E-state index contributed by atoms with van der Waals surface area (Å²) in [7, 11) is 0. The maximum atomic E-state index is 12.0. The molecule has 18 heavy (non-hydrogen) atoms. The van der Waals surface area contributed by atoms with Crippen LogP contribution in [0, 0.1) is 5.92 Å². The molecule has 0 aromatic heterocycles. The number of rotatable bonds is 4. The van der Waals surface area contributed by atoms with Crippen molar-refractivity contribution in [3.05, 3.63) is 35.9 Å². The normalized spacial score (nSPS) is 21.4. The van der Waals surface area contributed by atoms with Gasteiger partial charge in [-0.25, -0.2) is 5.32 Å². The van der Waals surface area contributed by atoms with Gasteiger partial charge in [0.1, 0.15) is 0 Å². The Bertz CT molecular complexity index is 364. The highest BCUT2D eigenvalue weighted by atomic mass is 19.4. The number of nitrogens with zero attached hydrogens (tertiary/aromatic N) is 1. The van der Waals surface area contributed by atoms with Gasteiger partial charge < -0.3 is 0 Å². The summed E-state index contributed by atoms with van der Waals surface area (Å²) in [6, 6.07) is 10.0. The smallest absolute Gasteiger partial charge is 0.299 e. The lowest BCUT2D eigenvalue weighted by Gasteiger charge is -2.17. The van der Waals surface area contributed by atoms with Crippen molar-refractivity contribution in [1.29, 1.82) is 0 Å². The van der Waals surface area contributed by atoms with Gasteiger partial charge >= 0.3 is 6.30 Å². The van der Waals surface area contributed by atoms with Crippen LogP contribution in [0.25, 0.3) is 0 Å². The highest BCUT2D eigenvalue weighted by Crippen LogP contribution is 2.19. The predicted molar refractivity (Wildman–Crippen MR) is 63.9 cm³/mol. The quantitative estimate of drug-likeness (QED) is 0.835. The Morgan fingerprint density at radius 3 is 2.61 bits per heavy atom. The Hall–Kier alpha value is -1.07. The maximum Gasteiger partial charge on any atom is 0.457 e. The van der Waals surface area contributed by atoms with Crippen LogP contribution in [0.4, 0.5) is 13.2 Å². The van der Waals surface area contributed by atoms with E-state index in [1.807, 2.05) is 30.3 Å². The van der Waals surface area contributed by atoms with Crippen molar-refractivity contribution >= 4 is 0 Å². The minimum absolute atomic E-state index is 0.0226. The summed E-state index contributed by atoms with van der Waals surface area (Å²) < 4.78 is 36.1. The summed E-state index contributed by atoms with van der Waals surface area (Å²) in [5.74, 6) is 0.0929. The monoisotopic (exact) mass is 258 g/mol.